The maximum Gasteiger partial charge on any atom is 0.408 e. The quantitative estimate of drug-likeness (QED) is 0.445. The van der Waals surface area contributed by atoms with Crippen molar-refractivity contribution in [3.8, 4) is 0 Å². The van der Waals surface area contributed by atoms with Crippen molar-refractivity contribution in [1.29, 1.82) is 0 Å². The first-order chi connectivity index (χ1) is 16.3. The van der Waals surface area contributed by atoms with E-state index in [4.69, 9.17) is 16.3 Å². The van der Waals surface area contributed by atoms with Gasteiger partial charge < -0.3 is 15.4 Å². The topological polar surface area (TPSA) is 84.5 Å². The number of alkyl carbamates (subject to hydrolysis) is 1. The lowest BCUT2D eigenvalue weighted by Gasteiger charge is -2.16. The third-order valence-electron chi connectivity index (χ3n) is 5.00. The molecule has 3 aromatic carbocycles. The van der Waals surface area contributed by atoms with Gasteiger partial charge in [-0.05, 0) is 66.4 Å². The molecule has 6 nitrogen and oxygen atoms in total. The van der Waals surface area contributed by atoms with Crippen molar-refractivity contribution in [3.05, 3.63) is 100 Å². The molecule has 34 heavy (non-hydrogen) atoms. The van der Waals surface area contributed by atoms with Crippen LogP contribution in [0.25, 0.3) is 0 Å². The summed E-state index contributed by atoms with van der Waals surface area (Å²) >= 11 is 5.98. The Morgan fingerprint density at radius 3 is 2.26 bits per heavy atom. The van der Waals surface area contributed by atoms with Gasteiger partial charge in [0.15, 0.2) is 5.78 Å². The first kappa shape index (κ1) is 24.9. The third-order valence-corrected chi connectivity index (χ3v) is 5.23. The van der Waals surface area contributed by atoms with E-state index < -0.39 is 12.1 Å². The molecular weight excluding hydrogens is 459 g/mol. The largest absolute Gasteiger partial charge is 0.445 e. The van der Waals surface area contributed by atoms with E-state index in [2.05, 4.69) is 10.6 Å². The summed E-state index contributed by atoms with van der Waals surface area (Å²) in [7, 11) is 0. The number of anilines is 1. The van der Waals surface area contributed by atoms with Gasteiger partial charge in [0, 0.05) is 10.7 Å². The summed E-state index contributed by atoms with van der Waals surface area (Å²) < 4.78 is 18.2. The predicted octanol–water partition coefficient (Wildman–Crippen LogP) is 5.09. The Morgan fingerprint density at radius 1 is 0.941 bits per heavy atom. The molecule has 0 bridgehead atoms. The van der Waals surface area contributed by atoms with E-state index in [1.165, 1.54) is 19.1 Å². The molecule has 0 aliphatic carbocycles. The molecule has 0 spiro atoms. The molecular formula is C26H24ClFN2O4. The minimum absolute atomic E-state index is 0.00255. The summed E-state index contributed by atoms with van der Waals surface area (Å²) in [5.74, 6) is -0.781. The number of carbonyl (C=O) groups excluding carboxylic acids is 3. The highest BCUT2D eigenvalue weighted by Gasteiger charge is 2.18. The SMILES string of the molecule is CC(=O)[C@H](Cc1cccc(Cl)c1)NC(=O)OCc1ccc(NC(=O)Cc2ccc(F)cc2)cc1. The van der Waals surface area contributed by atoms with Crippen LogP contribution in [0.4, 0.5) is 14.9 Å². The molecule has 1 atom stereocenters. The van der Waals surface area contributed by atoms with E-state index in [-0.39, 0.29) is 30.5 Å². The number of amides is 2. The van der Waals surface area contributed by atoms with Crippen molar-refractivity contribution in [1.82, 2.24) is 5.32 Å². The molecule has 0 saturated carbocycles. The normalized spacial score (nSPS) is 11.4. The number of rotatable bonds is 9. The predicted molar refractivity (Wildman–Crippen MR) is 128 cm³/mol. The lowest BCUT2D eigenvalue weighted by atomic mass is 10.0. The number of hydrogen-bond acceptors (Lipinski definition) is 4. The van der Waals surface area contributed by atoms with Crippen LogP contribution in [0.2, 0.25) is 5.02 Å². The smallest absolute Gasteiger partial charge is 0.408 e. The number of nitrogens with one attached hydrogen (secondary N) is 2. The molecule has 0 fully saturated rings. The monoisotopic (exact) mass is 482 g/mol. The van der Waals surface area contributed by atoms with Gasteiger partial charge in [0.2, 0.25) is 5.91 Å². The van der Waals surface area contributed by atoms with Crippen molar-refractivity contribution in [2.45, 2.75) is 32.4 Å². The van der Waals surface area contributed by atoms with Crippen LogP contribution in [-0.2, 0) is 33.8 Å². The van der Waals surface area contributed by atoms with Crippen molar-refractivity contribution in [2.75, 3.05) is 5.32 Å². The summed E-state index contributed by atoms with van der Waals surface area (Å²) in [5, 5.41) is 5.90. The van der Waals surface area contributed by atoms with Crippen LogP contribution < -0.4 is 10.6 Å². The molecule has 0 aromatic heterocycles. The summed E-state index contributed by atoms with van der Waals surface area (Å²) in [4.78, 5) is 36.3. The molecule has 0 aliphatic rings. The van der Waals surface area contributed by atoms with Crippen LogP contribution in [0.5, 0.6) is 0 Å². The summed E-state index contributed by atoms with van der Waals surface area (Å²) in [6.45, 7) is 1.40. The van der Waals surface area contributed by atoms with Gasteiger partial charge in [0.1, 0.15) is 12.4 Å². The van der Waals surface area contributed by atoms with Crippen LogP contribution in [0.15, 0.2) is 72.8 Å². The zero-order valence-electron chi connectivity index (χ0n) is 18.5. The standard InChI is InChI=1S/C26H24ClFN2O4/c1-17(31)24(14-20-3-2-4-21(27)13-20)30-26(33)34-16-19-7-11-23(12-8-19)29-25(32)15-18-5-9-22(28)10-6-18/h2-13,24H,14-16H2,1H3,(H,29,32)(H,30,33)/t24-/m0/s1. The van der Waals surface area contributed by atoms with Crippen LogP contribution in [0.1, 0.15) is 23.6 Å². The molecule has 2 N–H and O–H groups in total. The molecule has 8 heteroatoms. The van der Waals surface area contributed by atoms with E-state index in [0.29, 0.717) is 28.3 Å². The van der Waals surface area contributed by atoms with Gasteiger partial charge in [-0.2, -0.15) is 0 Å². The molecule has 2 amide bonds. The maximum absolute atomic E-state index is 13.0. The Morgan fingerprint density at radius 2 is 1.62 bits per heavy atom. The number of ether oxygens (including phenoxy) is 1. The second kappa shape index (κ2) is 12.0. The number of benzene rings is 3. The summed E-state index contributed by atoms with van der Waals surface area (Å²) in [6, 6.07) is 18.9. The highest BCUT2D eigenvalue weighted by atomic mass is 35.5. The van der Waals surface area contributed by atoms with Crippen LogP contribution in [-0.4, -0.2) is 23.8 Å². The lowest BCUT2D eigenvalue weighted by molar-refractivity contribution is -0.119. The summed E-state index contributed by atoms with van der Waals surface area (Å²) in [6.07, 6.45) is -0.284. The Bertz CT molecular complexity index is 1150. The molecule has 0 radical (unpaired) electrons. The Hall–Kier alpha value is -3.71. The fourth-order valence-electron chi connectivity index (χ4n) is 3.21. The number of halogens is 2. The number of carbonyl (C=O) groups is 3. The van der Waals surface area contributed by atoms with E-state index in [0.717, 1.165) is 5.56 Å². The van der Waals surface area contributed by atoms with E-state index in [9.17, 15) is 18.8 Å². The van der Waals surface area contributed by atoms with Gasteiger partial charge in [0.05, 0.1) is 12.5 Å². The second-order valence-corrected chi connectivity index (χ2v) is 8.20. The fraction of sp³-hybridized carbons (Fsp3) is 0.192. The first-order valence-electron chi connectivity index (χ1n) is 10.6. The summed E-state index contributed by atoms with van der Waals surface area (Å²) in [5.41, 5.74) is 2.82. The van der Waals surface area contributed by atoms with Crippen LogP contribution in [0.3, 0.4) is 0 Å². The number of hydrogen-bond donors (Lipinski definition) is 2. The molecule has 0 saturated heterocycles. The number of ketones is 1. The Balaban J connectivity index is 1.47. The van der Waals surface area contributed by atoms with E-state index in [1.807, 2.05) is 6.07 Å². The molecule has 0 unspecified atom stereocenters. The lowest BCUT2D eigenvalue weighted by Crippen LogP contribution is -2.41. The van der Waals surface area contributed by atoms with Gasteiger partial charge in [-0.1, -0.05) is 48.0 Å². The molecule has 176 valence electrons. The first-order valence-corrected chi connectivity index (χ1v) is 11.0. The average molecular weight is 483 g/mol. The van der Waals surface area contributed by atoms with Gasteiger partial charge in [-0.3, -0.25) is 9.59 Å². The van der Waals surface area contributed by atoms with E-state index in [1.54, 1.807) is 54.6 Å². The minimum atomic E-state index is -0.732. The zero-order valence-corrected chi connectivity index (χ0v) is 19.3. The van der Waals surface area contributed by atoms with Gasteiger partial charge in [0.25, 0.3) is 0 Å². The maximum atomic E-state index is 13.0. The molecule has 3 rings (SSSR count). The highest BCUT2D eigenvalue weighted by Crippen LogP contribution is 2.14. The van der Waals surface area contributed by atoms with Crippen LogP contribution >= 0.6 is 11.6 Å². The van der Waals surface area contributed by atoms with Crippen molar-refractivity contribution >= 4 is 35.1 Å². The minimum Gasteiger partial charge on any atom is -0.445 e. The molecule has 0 heterocycles. The fourth-order valence-corrected chi connectivity index (χ4v) is 3.42. The van der Waals surface area contributed by atoms with Crippen molar-refractivity contribution < 1.29 is 23.5 Å². The molecule has 3 aromatic rings. The number of Topliss-reactive ketones (excluding diaryl/α,β-unsaturated/α-hetero) is 1. The zero-order chi connectivity index (χ0) is 24.5. The van der Waals surface area contributed by atoms with Crippen molar-refractivity contribution in [3.63, 3.8) is 0 Å². The van der Waals surface area contributed by atoms with E-state index >= 15 is 0 Å². The molecule has 0 aliphatic heterocycles. The highest BCUT2D eigenvalue weighted by molar-refractivity contribution is 6.30. The van der Waals surface area contributed by atoms with Gasteiger partial charge >= 0.3 is 6.09 Å². The second-order valence-electron chi connectivity index (χ2n) is 7.77. The van der Waals surface area contributed by atoms with Crippen LogP contribution in [0, 0.1) is 5.82 Å². The van der Waals surface area contributed by atoms with Crippen molar-refractivity contribution in [2.24, 2.45) is 0 Å². The Kier molecular flexibility index (Phi) is 8.76. The Labute approximate surface area is 202 Å². The average Bonchev–Trinajstić information content (AvgIpc) is 2.79. The van der Waals surface area contributed by atoms with Gasteiger partial charge in [-0.15, -0.1) is 0 Å². The van der Waals surface area contributed by atoms with Gasteiger partial charge in [-0.25, -0.2) is 9.18 Å². The third kappa shape index (κ3) is 8.01.